The zero-order chi connectivity index (χ0) is 18.8. The molecule has 4 rings (SSSR count). The van der Waals surface area contributed by atoms with Crippen LogP contribution in [0.2, 0.25) is 0 Å². The Morgan fingerprint density at radius 2 is 1.22 bits per heavy atom. The van der Waals surface area contributed by atoms with Gasteiger partial charge in [0.05, 0.1) is 11.1 Å². The van der Waals surface area contributed by atoms with Gasteiger partial charge in [0, 0.05) is 12.6 Å². The van der Waals surface area contributed by atoms with Crippen LogP contribution in [0, 0.1) is 0 Å². The monoisotopic (exact) mass is 356 g/mol. The van der Waals surface area contributed by atoms with Crippen LogP contribution in [0.1, 0.15) is 26.3 Å². The van der Waals surface area contributed by atoms with Crippen molar-refractivity contribution >= 4 is 11.8 Å². The number of nitrogens with two attached hydrogens (primary N) is 1. The van der Waals surface area contributed by atoms with E-state index in [0.717, 1.165) is 11.1 Å². The third-order valence-electron chi connectivity index (χ3n) is 4.85. The predicted octanol–water partition coefficient (Wildman–Crippen LogP) is 3.52. The Hall–Kier alpha value is -3.24. The molecule has 0 saturated heterocycles. The Balaban J connectivity index is 1.42. The average Bonchev–Trinajstić information content (AvgIpc) is 2.94. The van der Waals surface area contributed by atoms with Crippen LogP contribution in [0.5, 0.6) is 0 Å². The lowest BCUT2D eigenvalue weighted by Crippen LogP contribution is -2.41. The van der Waals surface area contributed by atoms with Crippen LogP contribution in [0.3, 0.4) is 0 Å². The number of carbonyl (C=O) groups excluding carboxylic acids is 2. The van der Waals surface area contributed by atoms with Crippen molar-refractivity contribution in [3.63, 3.8) is 0 Å². The summed E-state index contributed by atoms with van der Waals surface area (Å²) in [6.45, 7) is 0.215. The van der Waals surface area contributed by atoms with Gasteiger partial charge < -0.3 is 5.73 Å². The average molecular weight is 356 g/mol. The fourth-order valence-corrected chi connectivity index (χ4v) is 3.47. The van der Waals surface area contributed by atoms with Gasteiger partial charge in [-0.15, -0.1) is 0 Å². The summed E-state index contributed by atoms with van der Waals surface area (Å²) in [6.07, 6.45) is 0.600. The first-order chi connectivity index (χ1) is 13.1. The molecule has 4 nitrogen and oxygen atoms in total. The Labute approximate surface area is 158 Å². The van der Waals surface area contributed by atoms with Crippen LogP contribution < -0.4 is 5.73 Å². The Bertz CT molecular complexity index is 946. The van der Waals surface area contributed by atoms with Crippen LogP contribution in [-0.4, -0.2) is 29.3 Å². The molecule has 0 aromatic heterocycles. The molecule has 0 unspecified atom stereocenters. The fourth-order valence-electron chi connectivity index (χ4n) is 3.47. The molecule has 0 spiro atoms. The number of hydrogen-bond donors (Lipinski definition) is 1. The minimum Gasteiger partial charge on any atom is -0.326 e. The van der Waals surface area contributed by atoms with Gasteiger partial charge in [-0.3, -0.25) is 14.5 Å². The second kappa shape index (κ2) is 7.17. The maximum atomic E-state index is 12.4. The largest absolute Gasteiger partial charge is 0.326 e. The summed E-state index contributed by atoms with van der Waals surface area (Å²) in [4.78, 5) is 26.1. The standard InChI is InChI=1S/C23H20N2O2/c24-19(15-25-22(26)20-8-4-5-9-21(20)23(25)27)14-16-10-12-18(13-11-16)17-6-2-1-3-7-17/h1-13,19H,14-15,24H2/t19-/m0/s1. The number of carbonyl (C=O) groups is 2. The van der Waals surface area contributed by atoms with Gasteiger partial charge in [-0.2, -0.15) is 0 Å². The van der Waals surface area contributed by atoms with Gasteiger partial charge >= 0.3 is 0 Å². The number of hydrogen-bond acceptors (Lipinski definition) is 3. The number of benzene rings is 3. The molecule has 0 fully saturated rings. The third-order valence-corrected chi connectivity index (χ3v) is 4.85. The Morgan fingerprint density at radius 3 is 1.81 bits per heavy atom. The van der Waals surface area contributed by atoms with Crippen LogP contribution in [0.15, 0.2) is 78.9 Å². The van der Waals surface area contributed by atoms with E-state index in [1.54, 1.807) is 24.3 Å². The third kappa shape index (κ3) is 3.39. The molecule has 3 aromatic carbocycles. The van der Waals surface area contributed by atoms with E-state index in [-0.39, 0.29) is 24.4 Å². The Morgan fingerprint density at radius 1 is 0.704 bits per heavy atom. The van der Waals surface area contributed by atoms with E-state index in [1.807, 2.05) is 30.3 Å². The molecule has 0 bridgehead atoms. The molecule has 1 atom stereocenters. The van der Waals surface area contributed by atoms with E-state index < -0.39 is 0 Å². The van der Waals surface area contributed by atoms with Crippen molar-refractivity contribution in [3.05, 3.63) is 95.6 Å². The highest BCUT2D eigenvalue weighted by Crippen LogP contribution is 2.23. The molecule has 134 valence electrons. The van der Waals surface area contributed by atoms with Gasteiger partial charge in [0.2, 0.25) is 0 Å². The number of imide groups is 1. The molecule has 3 aromatic rings. The molecule has 1 aliphatic heterocycles. The van der Waals surface area contributed by atoms with Crippen LogP contribution in [-0.2, 0) is 6.42 Å². The van der Waals surface area contributed by atoms with Gasteiger partial charge in [-0.05, 0) is 35.2 Å². The lowest BCUT2D eigenvalue weighted by molar-refractivity contribution is 0.0644. The zero-order valence-corrected chi connectivity index (χ0v) is 14.8. The highest BCUT2D eigenvalue weighted by Gasteiger charge is 2.35. The molecule has 1 aliphatic rings. The van der Waals surface area contributed by atoms with Crippen LogP contribution in [0.25, 0.3) is 11.1 Å². The van der Waals surface area contributed by atoms with Crippen molar-refractivity contribution in [2.24, 2.45) is 5.73 Å². The summed E-state index contributed by atoms with van der Waals surface area (Å²) in [7, 11) is 0. The summed E-state index contributed by atoms with van der Waals surface area (Å²) in [5, 5.41) is 0. The van der Waals surface area contributed by atoms with E-state index in [0.29, 0.717) is 17.5 Å². The number of amides is 2. The number of rotatable bonds is 5. The maximum absolute atomic E-state index is 12.4. The molecular formula is C23H20N2O2. The van der Waals surface area contributed by atoms with Crippen LogP contribution in [0.4, 0.5) is 0 Å². The number of nitrogens with zero attached hydrogens (tertiary/aromatic N) is 1. The Kier molecular flexibility index (Phi) is 4.57. The van der Waals surface area contributed by atoms with Gasteiger partial charge in [0.25, 0.3) is 11.8 Å². The first kappa shape index (κ1) is 17.2. The first-order valence-electron chi connectivity index (χ1n) is 8.98. The molecule has 0 radical (unpaired) electrons. The van der Waals surface area contributed by atoms with E-state index in [2.05, 4.69) is 24.3 Å². The van der Waals surface area contributed by atoms with Crippen molar-refractivity contribution in [2.45, 2.75) is 12.5 Å². The summed E-state index contributed by atoms with van der Waals surface area (Å²) in [5.41, 5.74) is 10.6. The topological polar surface area (TPSA) is 63.4 Å². The van der Waals surface area contributed by atoms with Gasteiger partial charge in [-0.25, -0.2) is 0 Å². The van der Waals surface area contributed by atoms with E-state index in [4.69, 9.17) is 5.73 Å². The molecule has 0 aliphatic carbocycles. The maximum Gasteiger partial charge on any atom is 0.261 e. The van der Waals surface area contributed by atoms with E-state index in [9.17, 15) is 9.59 Å². The van der Waals surface area contributed by atoms with Gasteiger partial charge in [0.1, 0.15) is 0 Å². The number of fused-ring (bicyclic) bond motifs is 1. The summed E-state index contributed by atoms with van der Waals surface area (Å²) < 4.78 is 0. The molecule has 2 N–H and O–H groups in total. The molecule has 4 heteroatoms. The fraction of sp³-hybridized carbons (Fsp3) is 0.130. The highest BCUT2D eigenvalue weighted by atomic mass is 16.2. The smallest absolute Gasteiger partial charge is 0.261 e. The van der Waals surface area contributed by atoms with Crippen molar-refractivity contribution in [1.82, 2.24) is 4.90 Å². The van der Waals surface area contributed by atoms with Crippen molar-refractivity contribution in [3.8, 4) is 11.1 Å². The first-order valence-corrected chi connectivity index (χ1v) is 8.98. The molecule has 27 heavy (non-hydrogen) atoms. The highest BCUT2D eigenvalue weighted by molar-refractivity contribution is 6.21. The minimum atomic E-state index is -0.310. The predicted molar refractivity (Wildman–Crippen MR) is 105 cm³/mol. The lowest BCUT2D eigenvalue weighted by Gasteiger charge is -2.19. The van der Waals surface area contributed by atoms with Crippen LogP contribution >= 0.6 is 0 Å². The van der Waals surface area contributed by atoms with Crippen molar-refractivity contribution in [2.75, 3.05) is 6.54 Å². The SMILES string of the molecule is N[C@@H](Cc1ccc(-c2ccccc2)cc1)CN1C(=O)c2ccccc2C1=O. The second-order valence-corrected chi connectivity index (χ2v) is 6.79. The second-order valence-electron chi connectivity index (χ2n) is 6.79. The normalized spacial score (nSPS) is 14.3. The molecular weight excluding hydrogens is 336 g/mol. The lowest BCUT2D eigenvalue weighted by atomic mass is 10.0. The summed E-state index contributed by atoms with van der Waals surface area (Å²) >= 11 is 0. The summed E-state index contributed by atoms with van der Waals surface area (Å²) in [6, 6.07) is 25.0. The van der Waals surface area contributed by atoms with E-state index in [1.165, 1.54) is 10.5 Å². The van der Waals surface area contributed by atoms with Crippen molar-refractivity contribution < 1.29 is 9.59 Å². The van der Waals surface area contributed by atoms with Crippen molar-refractivity contribution in [1.29, 1.82) is 0 Å². The zero-order valence-electron chi connectivity index (χ0n) is 14.8. The van der Waals surface area contributed by atoms with E-state index >= 15 is 0 Å². The van der Waals surface area contributed by atoms with Gasteiger partial charge in [0.15, 0.2) is 0 Å². The molecule has 1 heterocycles. The minimum absolute atomic E-state index is 0.215. The molecule has 0 saturated carbocycles. The molecule has 2 amide bonds. The summed E-state index contributed by atoms with van der Waals surface area (Å²) in [5.74, 6) is -0.518. The quantitative estimate of drug-likeness (QED) is 0.712. The van der Waals surface area contributed by atoms with Gasteiger partial charge in [-0.1, -0.05) is 66.7 Å².